The smallest absolute Gasteiger partial charge is 0.252 e. The Labute approximate surface area is 396 Å². The molecule has 4 heterocycles. The quantitative estimate of drug-likeness (QED) is 0.164. The van der Waals surface area contributed by atoms with Crippen molar-refractivity contribution in [2.45, 2.75) is 167 Å². The van der Waals surface area contributed by atoms with E-state index in [0.717, 1.165) is 6.42 Å². The summed E-state index contributed by atoms with van der Waals surface area (Å²) in [6.07, 6.45) is 9.82. The summed E-state index contributed by atoms with van der Waals surface area (Å²) in [7, 11) is 0. The number of benzene rings is 6. The van der Waals surface area contributed by atoms with Gasteiger partial charge in [0, 0.05) is 50.6 Å². The molecule has 0 bridgehead atoms. The van der Waals surface area contributed by atoms with Crippen molar-refractivity contribution in [1.82, 2.24) is 0 Å². The van der Waals surface area contributed by atoms with Crippen LogP contribution in [0.5, 0.6) is 0 Å². The van der Waals surface area contributed by atoms with Gasteiger partial charge in [-0.1, -0.05) is 153 Å². The molecule has 4 aliphatic heterocycles. The summed E-state index contributed by atoms with van der Waals surface area (Å²) in [5, 5.41) is 0. The van der Waals surface area contributed by atoms with Gasteiger partial charge < -0.3 is 14.7 Å². The van der Waals surface area contributed by atoms with Gasteiger partial charge in [-0.05, 0) is 162 Å². The molecular weight excluding hydrogens is 798 g/mol. The van der Waals surface area contributed by atoms with E-state index in [1.54, 1.807) is 5.56 Å². The van der Waals surface area contributed by atoms with Gasteiger partial charge >= 0.3 is 0 Å². The topological polar surface area (TPSA) is 9.72 Å². The minimum absolute atomic E-state index is 0.00346. The van der Waals surface area contributed by atoms with E-state index in [1.165, 1.54) is 140 Å². The Morgan fingerprint density at radius 3 is 1.85 bits per heavy atom. The zero-order chi connectivity index (χ0) is 46.1. The molecular formula is C62H70BN3. The molecule has 0 N–H and O–H groups in total. The number of nitrogens with zero attached hydrogens (tertiary/aromatic N) is 3. The van der Waals surface area contributed by atoms with Gasteiger partial charge in [0.05, 0.1) is 11.1 Å². The number of rotatable bonds is 3. The zero-order valence-electron chi connectivity index (χ0n) is 42.0. The first-order valence-corrected chi connectivity index (χ1v) is 25.5. The van der Waals surface area contributed by atoms with Gasteiger partial charge in [0.15, 0.2) is 0 Å². The predicted octanol–water partition coefficient (Wildman–Crippen LogP) is 14.7. The van der Waals surface area contributed by atoms with Crippen LogP contribution in [0.15, 0.2) is 109 Å². The molecule has 0 aromatic heterocycles. The summed E-state index contributed by atoms with van der Waals surface area (Å²) in [5.74, 6) is 0. The van der Waals surface area contributed by atoms with Gasteiger partial charge in [0.1, 0.15) is 0 Å². The van der Waals surface area contributed by atoms with E-state index < -0.39 is 0 Å². The maximum absolute atomic E-state index is 2.96. The van der Waals surface area contributed by atoms with E-state index in [4.69, 9.17) is 0 Å². The van der Waals surface area contributed by atoms with Crippen LogP contribution in [0, 0.1) is 13.8 Å². The average molecular weight is 868 g/mol. The van der Waals surface area contributed by atoms with Gasteiger partial charge in [-0.25, -0.2) is 0 Å². The van der Waals surface area contributed by atoms with Crippen molar-refractivity contribution in [1.29, 1.82) is 0 Å². The zero-order valence-corrected chi connectivity index (χ0v) is 42.0. The lowest BCUT2D eigenvalue weighted by atomic mass is 9.32. The number of hydrogen-bond acceptors (Lipinski definition) is 3. The number of fused-ring (bicyclic) bond motifs is 10. The molecule has 4 unspecified atom stereocenters. The number of aryl methyl sites for hydroxylation is 2. The summed E-state index contributed by atoms with van der Waals surface area (Å²) in [6.45, 7) is 29.7. The van der Waals surface area contributed by atoms with Gasteiger partial charge in [-0.15, -0.1) is 0 Å². The Morgan fingerprint density at radius 2 is 1.14 bits per heavy atom. The molecule has 2 saturated carbocycles. The molecule has 0 radical (unpaired) electrons. The minimum Gasteiger partial charge on any atom is -0.335 e. The monoisotopic (exact) mass is 868 g/mol. The molecule has 0 saturated heterocycles. The third kappa shape index (κ3) is 5.39. The molecule has 66 heavy (non-hydrogen) atoms. The van der Waals surface area contributed by atoms with E-state index >= 15 is 0 Å². The standard InChI is InChI=1S/C62H70BN3/c1-39-33-40(2)54-56-53(39)60(10)30-17-19-32-62(60,12)66(56)52-38-46(65-49-28-25-42(41-21-14-13-15-22-41)34-47(49)59(9)29-16-18-31-61(59,65)11)37-51-55(52)63(54)48-27-26-44(58(6,7)8)36-50(48)64(51)45-24-20-23-43(35-45)57(3,4)5/h13-15,20-28,33-38H,16-19,29-32H2,1-12H3. The fourth-order valence-corrected chi connectivity index (χ4v) is 14.9. The Balaban J connectivity index is 1.21. The predicted molar refractivity (Wildman–Crippen MR) is 284 cm³/mol. The first-order chi connectivity index (χ1) is 31.3. The lowest BCUT2D eigenvalue weighted by Gasteiger charge is -2.54. The highest BCUT2D eigenvalue weighted by Crippen LogP contribution is 2.65. The minimum atomic E-state index is -0.106. The van der Waals surface area contributed by atoms with Gasteiger partial charge in [0.25, 0.3) is 6.71 Å². The van der Waals surface area contributed by atoms with E-state index in [0.29, 0.717) is 0 Å². The fraction of sp³-hybridized carbons (Fsp3) is 0.419. The van der Waals surface area contributed by atoms with Crippen molar-refractivity contribution in [3.8, 4) is 11.1 Å². The summed E-state index contributed by atoms with van der Waals surface area (Å²) < 4.78 is 0. The Hall–Kier alpha value is -5.22. The first-order valence-electron chi connectivity index (χ1n) is 25.5. The summed E-state index contributed by atoms with van der Waals surface area (Å²) in [4.78, 5) is 8.54. The first kappa shape index (κ1) is 42.2. The molecule has 336 valence electrons. The van der Waals surface area contributed by atoms with Gasteiger partial charge in [-0.2, -0.15) is 0 Å². The van der Waals surface area contributed by atoms with Crippen molar-refractivity contribution < 1.29 is 0 Å². The summed E-state index contributed by atoms with van der Waals surface area (Å²) in [6, 6.07) is 43.6. The van der Waals surface area contributed by atoms with Crippen LogP contribution in [-0.4, -0.2) is 17.8 Å². The van der Waals surface area contributed by atoms with Crippen LogP contribution in [-0.2, 0) is 21.7 Å². The Kier molecular flexibility index (Phi) is 8.75. The second-order valence-electron chi connectivity index (χ2n) is 24.5. The van der Waals surface area contributed by atoms with Crippen molar-refractivity contribution in [2.24, 2.45) is 0 Å². The molecule has 0 amide bonds. The highest BCUT2D eigenvalue weighted by Gasteiger charge is 2.63. The SMILES string of the molecule is Cc1cc(C)c2c3c1B1c4ccc(C(C)(C)C)cc4N(c4cccc(C(C)(C)C)c4)c4cc(N5c6ccc(-c7ccccc7)cc6C6(C)CCCCC56C)cc(c41)N3C1(C)CCCCC21C. The number of anilines is 7. The molecule has 4 heteroatoms. The van der Waals surface area contributed by atoms with Crippen LogP contribution in [0.1, 0.15) is 154 Å². The van der Waals surface area contributed by atoms with Crippen LogP contribution in [0.2, 0.25) is 0 Å². The van der Waals surface area contributed by atoms with Crippen LogP contribution in [0.4, 0.5) is 39.8 Å². The lowest BCUT2D eigenvalue weighted by Crippen LogP contribution is -2.65. The molecule has 0 spiro atoms. The normalized spacial score (nSPS) is 25.8. The van der Waals surface area contributed by atoms with E-state index in [9.17, 15) is 0 Å². The fourth-order valence-electron chi connectivity index (χ4n) is 14.9. The Bertz CT molecular complexity index is 3020. The molecule has 2 aliphatic carbocycles. The van der Waals surface area contributed by atoms with E-state index in [-0.39, 0.29) is 39.5 Å². The van der Waals surface area contributed by atoms with Crippen molar-refractivity contribution >= 4 is 62.9 Å². The molecule has 6 aliphatic rings. The Morgan fingerprint density at radius 1 is 0.485 bits per heavy atom. The molecule has 6 aromatic rings. The molecule has 4 atom stereocenters. The average Bonchev–Trinajstić information content (AvgIpc) is 3.63. The van der Waals surface area contributed by atoms with Gasteiger partial charge in [0.2, 0.25) is 0 Å². The molecule has 12 rings (SSSR count). The maximum Gasteiger partial charge on any atom is 0.252 e. The second-order valence-corrected chi connectivity index (χ2v) is 24.5. The third-order valence-electron chi connectivity index (χ3n) is 18.9. The number of hydrogen-bond donors (Lipinski definition) is 0. The van der Waals surface area contributed by atoms with Crippen LogP contribution in [0.25, 0.3) is 11.1 Å². The van der Waals surface area contributed by atoms with Crippen molar-refractivity contribution in [2.75, 3.05) is 14.7 Å². The van der Waals surface area contributed by atoms with Crippen molar-refractivity contribution in [3.63, 3.8) is 0 Å². The summed E-state index contributed by atoms with van der Waals surface area (Å²) >= 11 is 0. The molecule has 2 fully saturated rings. The molecule has 6 aromatic carbocycles. The van der Waals surface area contributed by atoms with E-state index in [1.807, 2.05) is 0 Å². The van der Waals surface area contributed by atoms with E-state index in [2.05, 4.69) is 207 Å². The highest BCUT2D eigenvalue weighted by molar-refractivity contribution is 7.00. The van der Waals surface area contributed by atoms with Crippen LogP contribution < -0.4 is 31.1 Å². The third-order valence-corrected chi connectivity index (χ3v) is 18.9. The van der Waals surface area contributed by atoms with Crippen LogP contribution in [0.3, 0.4) is 0 Å². The molecule has 3 nitrogen and oxygen atoms in total. The van der Waals surface area contributed by atoms with Crippen LogP contribution >= 0.6 is 0 Å². The van der Waals surface area contributed by atoms with Crippen molar-refractivity contribution in [3.05, 3.63) is 143 Å². The van der Waals surface area contributed by atoms with Gasteiger partial charge in [-0.3, -0.25) is 0 Å². The largest absolute Gasteiger partial charge is 0.335 e. The summed E-state index contributed by atoms with van der Waals surface area (Å²) in [5.41, 5.74) is 25.2. The lowest BCUT2D eigenvalue weighted by molar-refractivity contribution is 0.193. The maximum atomic E-state index is 2.96. The highest BCUT2D eigenvalue weighted by atomic mass is 15.3. The second kappa shape index (κ2) is 13.7.